The van der Waals surface area contributed by atoms with Crippen molar-refractivity contribution in [2.75, 3.05) is 13.2 Å². The lowest BCUT2D eigenvalue weighted by molar-refractivity contribution is 0.0415. The number of aromatic amines is 1. The van der Waals surface area contributed by atoms with Gasteiger partial charge in [-0.1, -0.05) is 24.3 Å². The monoisotopic (exact) mass is 367 g/mol. The molecule has 2 aromatic carbocycles. The fourth-order valence-corrected chi connectivity index (χ4v) is 3.16. The molecule has 0 aliphatic rings. The molecule has 142 valence electrons. The van der Waals surface area contributed by atoms with E-state index in [1.54, 1.807) is 19.1 Å². The third kappa shape index (κ3) is 4.35. The van der Waals surface area contributed by atoms with Crippen molar-refractivity contribution in [2.45, 2.75) is 32.3 Å². The lowest BCUT2D eigenvalue weighted by Crippen LogP contribution is -2.40. The van der Waals surface area contributed by atoms with Crippen LogP contribution in [0.15, 0.2) is 42.5 Å². The van der Waals surface area contributed by atoms with Gasteiger partial charge in [-0.2, -0.15) is 5.10 Å². The summed E-state index contributed by atoms with van der Waals surface area (Å²) in [5.74, 6) is -0.242. The summed E-state index contributed by atoms with van der Waals surface area (Å²) < 4.78 is 0. The number of benzene rings is 2. The van der Waals surface area contributed by atoms with Crippen LogP contribution in [-0.4, -0.2) is 45.1 Å². The van der Waals surface area contributed by atoms with Gasteiger partial charge in [-0.25, -0.2) is 0 Å². The van der Waals surface area contributed by atoms with Gasteiger partial charge in [0, 0.05) is 29.7 Å². The zero-order valence-corrected chi connectivity index (χ0v) is 15.6. The second-order valence-corrected chi connectivity index (χ2v) is 7.15. The van der Waals surface area contributed by atoms with Crippen LogP contribution in [0.1, 0.15) is 35.7 Å². The molecule has 6 nitrogen and oxygen atoms in total. The molecule has 4 N–H and O–H groups in total. The first-order chi connectivity index (χ1) is 12.9. The number of hydrogen-bond acceptors (Lipinski definition) is 4. The number of aromatic nitrogens is 2. The second kappa shape index (κ2) is 7.90. The van der Waals surface area contributed by atoms with E-state index in [1.807, 2.05) is 37.3 Å². The lowest BCUT2D eigenvalue weighted by Gasteiger charge is -2.23. The third-order valence-electron chi connectivity index (χ3n) is 4.72. The van der Waals surface area contributed by atoms with Crippen LogP contribution < -0.4 is 5.32 Å². The van der Waals surface area contributed by atoms with Crippen molar-refractivity contribution in [1.82, 2.24) is 15.5 Å². The minimum absolute atomic E-state index is 0.0207. The maximum absolute atomic E-state index is 12.3. The summed E-state index contributed by atoms with van der Waals surface area (Å²) in [6.45, 7) is 3.85. The SMILES string of the molecule is Cc1cccc2[nH]nc(-c3ccc(C(=O)NCC(C)(O)CCCO)cc3)c12. The Kier molecular flexibility index (Phi) is 5.58. The van der Waals surface area contributed by atoms with Gasteiger partial charge in [0.15, 0.2) is 0 Å². The first-order valence-corrected chi connectivity index (χ1v) is 9.07. The van der Waals surface area contributed by atoms with E-state index in [1.165, 1.54) is 0 Å². The number of nitrogens with zero attached hydrogens (tertiary/aromatic N) is 1. The maximum atomic E-state index is 12.3. The Bertz CT molecular complexity index is 929. The van der Waals surface area contributed by atoms with Crippen LogP contribution in [-0.2, 0) is 0 Å². The van der Waals surface area contributed by atoms with Crippen molar-refractivity contribution in [1.29, 1.82) is 0 Å². The van der Waals surface area contributed by atoms with Crippen LogP contribution >= 0.6 is 0 Å². The van der Waals surface area contributed by atoms with E-state index in [-0.39, 0.29) is 19.1 Å². The van der Waals surface area contributed by atoms with Gasteiger partial charge < -0.3 is 15.5 Å². The first-order valence-electron chi connectivity index (χ1n) is 9.07. The molecule has 1 heterocycles. The number of aliphatic hydroxyl groups is 2. The fraction of sp³-hybridized carbons (Fsp3) is 0.333. The average Bonchev–Trinajstić information content (AvgIpc) is 3.10. The van der Waals surface area contributed by atoms with Crippen LogP contribution in [0.3, 0.4) is 0 Å². The molecule has 0 aliphatic carbocycles. The van der Waals surface area contributed by atoms with Gasteiger partial charge in [0.25, 0.3) is 5.91 Å². The molecule has 6 heteroatoms. The van der Waals surface area contributed by atoms with Crippen molar-refractivity contribution >= 4 is 16.8 Å². The summed E-state index contributed by atoms with van der Waals surface area (Å²) in [4.78, 5) is 12.3. The predicted octanol–water partition coefficient (Wildman–Crippen LogP) is 2.79. The standard InChI is InChI=1S/C21H25N3O3/c1-14-5-3-6-17-18(14)19(24-23-17)15-7-9-16(10-8-15)20(26)22-13-21(2,27)11-4-12-25/h3,5-10,25,27H,4,11-13H2,1-2H3,(H,22,26)(H,23,24). The van der Waals surface area contributed by atoms with Gasteiger partial charge in [0.2, 0.25) is 0 Å². The molecule has 3 rings (SSSR count). The van der Waals surface area contributed by atoms with Crippen LogP contribution in [0.4, 0.5) is 0 Å². The van der Waals surface area contributed by atoms with Crippen molar-refractivity contribution in [3.05, 3.63) is 53.6 Å². The van der Waals surface area contributed by atoms with Gasteiger partial charge in [-0.15, -0.1) is 0 Å². The van der Waals surface area contributed by atoms with Crippen molar-refractivity contribution < 1.29 is 15.0 Å². The molecule has 0 fully saturated rings. The Morgan fingerprint density at radius 2 is 1.96 bits per heavy atom. The number of aliphatic hydroxyl groups excluding tert-OH is 1. The molecule has 27 heavy (non-hydrogen) atoms. The van der Waals surface area contributed by atoms with Gasteiger partial charge >= 0.3 is 0 Å². The van der Waals surface area contributed by atoms with Crippen molar-refractivity contribution in [3.8, 4) is 11.3 Å². The second-order valence-electron chi connectivity index (χ2n) is 7.15. The first kappa shape index (κ1) is 19.1. The molecule has 0 bridgehead atoms. The number of amides is 1. The molecular formula is C21H25N3O3. The molecule has 0 radical (unpaired) electrons. The van der Waals surface area contributed by atoms with E-state index in [9.17, 15) is 9.90 Å². The Labute approximate surface area is 158 Å². The minimum Gasteiger partial charge on any atom is -0.396 e. The summed E-state index contributed by atoms with van der Waals surface area (Å²) in [5, 5.41) is 30.4. The minimum atomic E-state index is -1.04. The zero-order chi connectivity index (χ0) is 19.4. The topological polar surface area (TPSA) is 98.2 Å². The Morgan fingerprint density at radius 1 is 1.22 bits per heavy atom. The highest BCUT2D eigenvalue weighted by atomic mass is 16.3. The molecule has 0 aliphatic heterocycles. The number of aryl methyl sites for hydroxylation is 1. The smallest absolute Gasteiger partial charge is 0.251 e. The Morgan fingerprint density at radius 3 is 2.67 bits per heavy atom. The fourth-order valence-electron chi connectivity index (χ4n) is 3.16. The summed E-state index contributed by atoms with van der Waals surface area (Å²) in [6, 6.07) is 13.3. The van der Waals surface area contributed by atoms with E-state index < -0.39 is 5.60 Å². The number of hydrogen-bond donors (Lipinski definition) is 4. The largest absolute Gasteiger partial charge is 0.396 e. The summed E-state index contributed by atoms with van der Waals surface area (Å²) in [5.41, 5.74) is 3.40. The molecule has 1 amide bonds. The molecule has 1 unspecified atom stereocenters. The van der Waals surface area contributed by atoms with Crippen molar-refractivity contribution in [3.63, 3.8) is 0 Å². The Hall–Kier alpha value is -2.70. The van der Waals surface area contributed by atoms with Gasteiger partial charge in [0.1, 0.15) is 5.69 Å². The van der Waals surface area contributed by atoms with Gasteiger partial charge in [-0.3, -0.25) is 9.89 Å². The highest BCUT2D eigenvalue weighted by Crippen LogP contribution is 2.28. The highest BCUT2D eigenvalue weighted by molar-refractivity contribution is 5.97. The van der Waals surface area contributed by atoms with E-state index in [4.69, 9.17) is 5.11 Å². The van der Waals surface area contributed by atoms with Gasteiger partial charge in [0.05, 0.1) is 11.1 Å². The van der Waals surface area contributed by atoms with Crippen LogP contribution in [0.2, 0.25) is 0 Å². The molecular weight excluding hydrogens is 342 g/mol. The number of H-pyrrole nitrogens is 1. The molecule has 3 aromatic rings. The lowest BCUT2D eigenvalue weighted by atomic mass is 10.00. The number of fused-ring (bicyclic) bond motifs is 1. The van der Waals surface area contributed by atoms with Crippen LogP contribution in [0, 0.1) is 6.92 Å². The highest BCUT2D eigenvalue weighted by Gasteiger charge is 2.21. The molecule has 1 aromatic heterocycles. The number of rotatable bonds is 7. The van der Waals surface area contributed by atoms with Gasteiger partial charge in [-0.05, 0) is 50.5 Å². The number of carbonyl (C=O) groups is 1. The van der Waals surface area contributed by atoms with Crippen molar-refractivity contribution in [2.24, 2.45) is 0 Å². The normalized spacial score (nSPS) is 13.5. The van der Waals surface area contributed by atoms with E-state index in [0.29, 0.717) is 18.4 Å². The quantitative estimate of drug-likeness (QED) is 0.516. The van der Waals surface area contributed by atoms with Crippen LogP contribution in [0.5, 0.6) is 0 Å². The van der Waals surface area contributed by atoms with E-state index in [0.717, 1.165) is 27.7 Å². The van der Waals surface area contributed by atoms with Crippen LogP contribution in [0.25, 0.3) is 22.2 Å². The zero-order valence-electron chi connectivity index (χ0n) is 15.6. The molecule has 0 spiro atoms. The predicted molar refractivity (Wildman–Crippen MR) is 106 cm³/mol. The molecule has 0 saturated heterocycles. The van der Waals surface area contributed by atoms with E-state index in [2.05, 4.69) is 15.5 Å². The molecule has 1 atom stereocenters. The summed E-state index contributed by atoms with van der Waals surface area (Å²) in [7, 11) is 0. The summed E-state index contributed by atoms with van der Waals surface area (Å²) >= 11 is 0. The number of carbonyl (C=O) groups excluding carboxylic acids is 1. The number of nitrogens with one attached hydrogen (secondary N) is 2. The maximum Gasteiger partial charge on any atom is 0.251 e. The Balaban J connectivity index is 1.72. The molecule has 0 saturated carbocycles. The summed E-state index contributed by atoms with van der Waals surface area (Å²) in [6.07, 6.45) is 0.920. The third-order valence-corrected chi connectivity index (χ3v) is 4.72. The average molecular weight is 367 g/mol. The van der Waals surface area contributed by atoms with E-state index >= 15 is 0 Å².